The van der Waals surface area contributed by atoms with Crippen molar-refractivity contribution < 1.29 is 18.0 Å². The number of anilines is 1. The number of likely N-dealkylation sites (N-methyl/N-ethyl adjacent to an activating group) is 1. The van der Waals surface area contributed by atoms with Crippen LogP contribution in [0.5, 0.6) is 0 Å². The second-order valence-electron chi connectivity index (χ2n) is 5.05. The van der Waals surface area contributed by atoms with Crippen LogP contribution < -0.4 is 5.32 Å². The summed E-state index contributed by atoms with van der Waals surface area (Å²) in [6, 6.07) is 3.97. The maximum atomic E-state index is 12.1. The number of carbonyl (C=O) groups is 2. The van der Waals surface area contributed by atoms with Crippen LogP contribution in [-0.2, 0) is 19.4 Å². The number of benzene rings is 1. The van der Waals surface area contributed by atoms with Crippen molar-refractivity contribution in [2.24, 2.45) is 0 Å². The summed E-state index contributed by atoms with van der Waals surface area (Å²) in [7, 11) is -1.72. The molecule has 1 unspecified atom stereocenters. The summed E-state index contributed by atoms with van der Waals surface area (Å²) in [5.74, 6) is -1.78. The van der Waals surface area contributed by atoms with Crippen LogP contribution >= 0.6 is 23.2 Å². The van der Waals surface area contributed by atoms with Crippen LogP contribution in [0.1, 0.15) is 6.42 Å². The first-order valence-electron chi connectivity index (χ1n) is 6.43. The van der Waals surface area contributed by atoms with Gasteiger partial charge in [0.15, 0.2) is 9.84 Å². The monoisotopic (exact) mass is 364 g/mol. The second-order valence-corrected chi connectivity index (χ2v) is 8.12. The van der Waals surface area contributed by atoms with Gasteiger partial charge in [-0.3, -0.25) is 9.59 Å². The molecular weight excluding hydrogens is 351 g/mol. The third kappa shape index (κ3) is 3.91. The van der Waals surface area contributed by atoms with Gasteiger partial charge < -0.3 is 10.2 Å². The van der Waals surface area contributed by atoms with Gasteiger partial charge in [-0.05, 0) is 24.6 Å². The molecule has 2 amide bonds. The van der Waals surface area contributed by atoms with Crippen molar-refractivity contribution in [1.82, 2.24) is 4.90 Å². The van der Waals surface area contributed by atoms with Gasteiger partial charge in [-0.1, -0.05) is 23.2 Å². The molecular formula is C13H14Cl2N2O4S. The molecule has 1 N–H and O–H groups in total. The number of nitrogens with zero attached hydrogens (tertiary/aromatic N) is 1. The molecule has 1 aromatic carbocycles. The highest BCUT2D eigenvalue weighted by Gasteiger charge is 2.34. The Hall–Kier alpha value is -1.31. The van der Waals surface area contributed by atoms with Crippen LogP contribution in [0.25, 0.3) is 0 Å². The van der Waals surface area contributed by atoms with E-state index >= 15 is 0 Å². The minimum Gasteiger partial charge on any atom is -0.333 e. The molecule has 1 atom stereocenters. The van der Waals surface area contributed by atoms with E-state index in [1.54, 1.807) is 0 Å². The first-order chi connectivity index (χ1) is 10.2. The Labute approximate surface area is 138 Å². The summed E-state index contributed by atoms with van der Waals surface area (Å²) in [5, 5.41) is 3.01. The van der Waals surface area contributed by atoms with Crippen LogP contribution in [0.15, 0.2) is 18.2 Å². The molecule has 0 bridgehead atoms. The molecule has 9 heteroatoms. The number of hydrogen-bond donors (Lipinski definition) is 1. The van der Waals surface area contributed by atoms with E-state index in [-0.39, 0.29) is 22.2 Å². The lowest BCUT2D eigenvalue weighted by Crippen LogP contribution is -2.43. The zero-order valence-electron chi connectivity index (χ0n) is 11.7. The van der Waals surface area contributed by atoms with Gasteiger partial charge in [0, 0.05) is 18.1 Å². The van der Waals surface area contributed by atoms with Crippen LogP contribution in [0.4, 0.5) is 5.69 Å². The molecule has 1 saturated heterocycles. The molecule has 22 heavy (non-hydrogen) atoms. The van der Waals surface area contributed by atoms with Gasteiger partial charge in [0.1, 0.15) is 0 Å². The fourth-order valence-electron chi connectivity index (χ4n) is 2.17. The molecule has 0 aromatic heterocycles. The topological polar surface area (TPSA) is 83.6 Å². The molecule has 120 valence electrons. The van der Waals surface area contributed by atoms with Crippen molar-refractivity contribution in [2.75, 3.05) is 23.9 Å². The van der Waals surface area contributed by atoms with Crippen molar-refractivity contribution in [1.29, 1.82) is 0 Å². The van der Waals surface area contributed by atoms with E-state index in [0.29, 0.717) is 11.4 Å². The van der Waals surface area contributed by atoms with E-state index < -0.39 is 27.7 Å². The summed E-state index contributed by atoms with van der Waals surface area (Å²) >= 11 is 11.7. The standard InChI is InChI=1S/C13H14Cl2N2O4S/c1-17(9-4-5-22(20,21)7-9)13(19)12(18)16-11-3-2-8(14)6-10(11)15/h2-3,6,9H,4-5,7H2,1H3,(H,16,18). The summed E-state index contributed by atoms with van der Waals surface area (Å²) in [4.78, 5) is 25.2. The van der Waals surface area contributed by atoms with Gasteiger partial charge in [0.05, 0.1) is 22.2 Å². The molecule has 0 radical (unpaired) electrons. The zero-order chi connectivity index (χ0) is 16.5. The van der Waals surface area contributed by atoms with Crippen molar-refractivity contribution >= 4 is 50.5 Å². The smallest absolute Gasteiger partial charge is 0.313 e. The van der Waals surface area contributed by atoms with Gasteiger partial charge in [0.25, 0.3) is 0 Å². The number of carbonyl (C=O) groups excluding carboxylic acids is 2. The molecule has 1 fully saturated rings. The quantitative estimate of drug-likeness (QED) is 0.807. The van der Waals surface area contributed by atoms with Crippen LogP contribution in [0, 0.1) is 0 Å². The first kappa shape index (κ1) is 17.1. The second kappa shape index (κ2) is 6.44. The number of rotatable bonds is 2. The number of sulfone groups is 1. The van der Waals surface area contributed by atoms with Crippen molar-refractivity contribution in [3.63, 3.8) is 0 Å². The summed E-state index contributed by atoms with van der Waals surface area (Å²) < 4.78 is 22.9. The Morgan fingerprint density at radius 1 is 1.32 bits per heavy atom. The van der Waals surface area contributed by atoms with Gasteiger partial charge in [0.2, 0.25) is 0 Å². The van der Waals surface area contributed by atoms with Crippen molar-refractivity contribution in [3.8, 4) is 0 Å². The molecule has 0 aliphatic carbocycles. The highest BCUT2D eigenvalue weighted by molar-refractivity contribution is 7.91. The predicted molar refractivity (Wildman–Crippen MR) is 84.9 cm³/mol. The lowest BCUT2D eigenvalue weighted by molar-refractivity contribution is -0.143. The van der Waals surface area contributed by atoms with Crippen LogP contribution in [-0.4, -0.2) is 49.7 Å². The fourth-order valence-corrected chi connectivity index (χ4v) is 4.40. The van der Waals surface area contributed by atoms with Gasteiger partial charge in [-0.25, -0.2) is 8.42 Å². The minimum absolute atomic E-state index is 0.0277. The minimum atomic E-state index is -3.13. The highest BCUT2D eigenvalue weighted by atomic mass is 35.5. The normalized spacial score (nSPS) is 19.7. The third-order valence-electron chi connectivity index (χ3n) is 3.45. The average Bonchev–Trinajstić information content (AvgIpc) is 2.80. The fraction of sp³-hybridized carbons (Fsp3) is 0.385. The van der Waals surface area contributed by atoms with E-state index in [9.17, 15) is 18.0 Å². The molecule has 1 aromatic rings. The number of nitrogens with one attached hydrogen (secondary N) is 1. The average molecular weight is 365 g/mol. The Morgan fingerprint density at radius 2 is 2.00 bits per heavy atom. The highest BCUT2D eigenvalue weighted by Crippen LogP contribution is 2.25. The summed E-state index contributed by atoms with van der Waals surface area (Å²) in [5.41, 5.74) is 0.261. The van der Waals surface area contributed by atoms with Gasteiger partial charge in [-0.2, -0.15) is 0 Å². The number of hydrogen-bond acceptors (Lipinski definition) is 4. The number of halogens is 2. The van der Waals surface area contributed by atoms with Crippen molar-refractivity contribution in [2.45, 2.75) is 12.5 Å². The molecule has 6 nitrogen and oxygen atoms in total. The number of amides is 2. The van der Waals surface area contributed by atoms with E-state index in [1.165, 1.54) is 25.2 Å². The van der Waals surface area contributed by atoms with Gasteiger partial charge in [-0.15, -0.1) is 0 Å². The predicted octanol–water partition coefficient (Wildman–Crippen LogP) is 1.58. The Kier molecular flexibility index (Phi) is 4.99. The molecule has 0 spiro atoms. The lowest BCUT2D eigenvalue weighted by Gasteiger charge is -2.22. The van der Waals surface area contributed by atoms with Crippen LogP contribution in [0.3, 0.4) is 0 Å². The molecule has 1 heterocycles. The van der Waals surface area contributed by atoms with Crippen molar-refractivity contribution in [3.05, 3.63) is 28.2 Å². The SMILES string of the molecule is CN(C(=O)C(=O)Nc1ccc(Cl)cc1Cl)C1CCS(=O)(=O)C1. The third-order valence-corrected chi connectivity index (χ3v) is 5.75. The van der Waals surface area contributed by atoms with Crippen LogP contribution in [0.2, 0.25) is 10.0 Å². The zero-order valence-corrected chi connectivity index (χ0v) is 14.0. The molecule has 1 aliphatic heterocycles. The summed E-state index contributed by atoms with van der Waals surface area (Å²) in [6.07, 6.45) is 0.333. The Morgan fingerprint density at radius 3 is 2.55 bits per heavy atom. The molecule has 0 saturated carbocycles. The molecule has 2 rings (SSSR count). The largest absolute Gasteiger partial charge is 0.333 e. The van der Waals surface area contributed by atoms with E-state index in [0.717, 1.165) is 4.90 Å². The molecule has 1 aliphatic rings. The first-order valence-corrected chi connectivity index (χ1v) is 9.01. The van der Waals surface area contributed by atoms with E-state index in [2.05, 4.69) is 5.32 Å². The maximum absolute atomic E-state index is 12.1. The van der Waals surface area contributed by atoms with E-state index in [1.807, 2.05) is 0 Å². The maximum Gasteiger partial charge on any atom is 0.313 e. The summed E-state index contributed by atoms with van der Waals surface area (Å²) in [6.45, 7) is 0. The van der Waals surface area contributed by atoms with E-state index in [4.69, 9.17) is 23.2 Å². The van der Waals surface area contributed by atoms with Gasteiger partial charge >= 0.3 is 11.8 Å². The Balaban J connectivity index is 2.04. The lowest BCUT2D eigenvalue weighted by atomic mass is 10.2. The Bertz CT molecular complexity index is 721.